The maximum atomic E-state index is 13.0. The minimum atomic E-state index is -3.65. The number of rotatable bonds is 7. The maximum absolute atomic E-state index is 13.0. The summed E-state index contributed by atoms with van der Waals surface area (Å²) in [6.45, 7) is 4.05. The summed E-state index contributed by atoms with van der Waals surface area (Å²) >= 11 is 0. The number of unbranched alkanes of at least 4 members (excludes halogenated alkanes) is 1. The van der Waals surface area contributed by atoms with E-state index in [4.69, 9.17) is 0 Å². The van der Waals surface area contributed by atoms with Crippen LogP contribution < -0.4 is 14.9 Å². The number of fused-ring (bicyclic) bond motifs is 1. The summed E-state index contributed by atoms with van der Waals surface area (Å²) in [6.07, 6.45) is 7.50. The number of amidine groups is 1. The van der Waals surface area contributed by atoms with E-state index in [0.717, 1.165) is 31.7 Å². The average Bonchev–Trinajstić information content (AvgIpc) is 3.07. The summed E-state index contributed by atoms with van der Waals surface area (Å²) in [5, 5.41) is 2.90. The van der Waals surface area contributed by atoms with E-state index in [1.54, 1.807) is 24.4 Å². The van der Waals surface area contributed by atoms with E-state index < -0.39 is 16.1 Å². The predicted octanol–water partition coefficient (Wildman–Crippen LogP) is 3.31. The highest BCUT2D eigenvalue weighted by atomic mass is 32.2. The summed E-state index contributed by atoms with van der Waals surface area (Å²) in [6, 6.07) is 9.74. The largest absolute Gasteiger partial charge is 0.357 e. The van der Waals surface area contributed by atoms with Gasteiger partial charge in [-0.3, -0.25) is 14.5 Å². The number of aliphatic imine (C=N–C) groups is 1. The molecule has 1 aromatic heterocycles. The summed E-state index contributed by atoms with van der Waals surface area (Å²) < 4.78 is 27.2. The standard InChI is InChI=1S/C23H29N5O3S/c1-2-3-10-19(26-22-18-9-5-6-11-20(18)32(30,31)27-22)23(29)25-17-12-13-21(24-16-17)28-14-7-4-8-15-28/h5-6,9,11-13,16,19H,2-4,7-8,10,14-15H2,1H3,(H,25,29)(H,26,27). The van der Waals surface area contributed by atoms with Gasteiger partial charge in [-0.05, 0) is 49.9 Å². The minimum absolute atomic E-state index is 0.186. The molecule has 2 aliphatic heterocycles. The highest BCUT2D eigenvalue weighted by Gasteiger charge is 2.31. The monoisotopic (exact) mass is 455 g/mol. The molecule has 0 aliphatic carbocycles. The fourth-order valence-electron chi connectivity index (χ4n) is 4.03. The van der Waals surface area contributed by atoms with Crippen molar-refractivity contribution in [2.45, 2.75) is 56.4 Å². The van der Waals surface area contributed by atoms with Gasteiger partial charge in [0, 0.05) is 18.7 Å². The van der Waals surface area contributed by atoms with Crippen molar-refractivity contribution in [3.05, 3.63) is 48.2 Å². The lowest BCUT2D eigenvalue weighted by Gasteiger charge is -2.27. The molecule has 1 unspecified atom stereocenters. The van der Waals surface area contributed by atoms with Gasteiger partial charge in [-0.1, -0.05) is 31.9 Å². The number of pyridine rings is 1. The number of nitrogens with one attached hydrogen (secondary N) is 2. The molecule has 1 aromatic carbocycles. The van der Waals surface area contributed by atoms with E-state index in [1.807, 2.05) is 19.1 Å². The zero-order valence-corrected chi connectivity index (χ0v) is 19.1. The Morgan fingerprint density at radius 2 is 1.97 bits per heavy atom. The second-order valence-corrected chi connectivity index (χ2v) is 9.83. The van der Waals surface area contributed by atoms with Gasteiger partial charge < -0.3 is 10.2 Å². The number of carbonyl (C=O) groups is 1. The number of amides is 1. The molecule has 0 saturated carbocycles. The average molecular weight is 456 g/mol. The summed E-state index contributed by atoms with van der Waals surface area (Å²) in [5.74, 6) is 0.861. The Balaban J connectivity index is 1.51. The lowest BCUT2D eigenvalue weighted by atomic mass is 10.1. The van der Waals surface area contributed by atoms with Crippen LogP contribution in [0, 0.1) is 0 Å². The Kier molecular flexibility index (Phi) is 6.74. The lowest BCUT2D eigenvalue weighted by Crippen LogP contribution is -2.31. The van der Waals surface area contributed by atoms with Crippen LogP contribution in [0.1, 0.15) is 51.0 Å². The van der Waals surface area contributed by atoms with Gasteiger partial charge in [0.2, 0.25) is 5.91 Å². The molecular formula is C23H29N5O3S. The molecule has 1 atom stereocenters. The van der Waals surface area contributed by atoms with Gasteiger partial charge in [0.25, 0.3) is 10.0 Å². The molecule has 4 rings (SSSR count). The number of benzene rings is 1. The van der Waals surface area contributed by atoms with Crippen molar-refractivity contribution in [3.63, 3.8) is 0 Å². The molecule has 1 saturated heterocycles. The molecule has 9 heteroatoms. The summed E-state index contributed by atoms with van der Waals surface area (Å²) in [7, 11) is -3.65. The van der Waals surface area contributed by atoms with Crippen molar-refractivity contribution < 1.29 is 13.2 Å². The molecule has 1 fully saturated rings. The van der Waals surface area contributed by atoms with Crippen LogP contribution in [0.25, 0.3) is 0 Å². The molecule has 0 bridgehead atoms. The topological polar surface area (TPSA) is 104 Å². The molecule has 2 aromatic rings. The molecule has 0 radical (unpaired) electrons. The number of nitrogens with zero attached hydrogens (tertiary/aromatic N) is 3. The summed E-state index contributed by atoms with van der Waals surface area (Å²) in [4.78, 5) is 24.5. The Morgan fingerprint density at radius 1 is 1.19 bits per heavy atom. The quantitative estimate of drug-likeness (QED) is 0.667. The molecule has 32 heavy (non-hydrogen) atoms. The molecule has 2 aliphatic rings. The van der Waals surface area contributed by atoms with E-state index >= 15 is 0 Å². The van der Waals surface area contributed by atoms with Crippen LogP contribution in [0.4, 0.5) is 11.5 Å². The van der Waals surface area contributed by atoms with Gasteiger partial charge in [0.1, 0.15) is 17.7 Å². The van der Waals surface area contributed by atoms with Gasteiger partial charge >= 0.3 is 0 Å². The Bertz CT molecular complexity index is 1090. The van der Waals surface area contributed by atoms with Crippen molar-refractivity contribution in [2.75, 3.05) is 23.3 Å². The van der Waals surface area contributed by atoms with Gasteiger partial charge in [0.05, 0.1) is 16.8 Å². The number of aromatic nitrogens is 1. The lowest BCUT2D eigenvalue weighted by molar-refractivity contribution is -0.117. The third-order valence-electron chi connectivity index (χ3n) is 5.78. The highest BCUT2D eigenvalue weighted by Crippen LogP contribution is 2.24. The number of carbonyl (C=O) groups excluding carboxylic acids is 1. The number of hydrogen-bond donors (Lipinski definition) is 2. The van der Waals surface area contributed by atoms with Crippen LogP contribution >= 0.6 is 0 Å². The smallest absolute Gasteiger partial charge is 0.263 e. The molecule has 8 nitrogen and oxygen atoms in total. The van der Waals surface area contributed by atoms with Gasteiger partial charge in [-0.15, -0.1) is 0 Å². The third kappa shape index (κ3) is 4.93. The zero-order valence-electron chi connectivity index (χ0n) is 18.3. The first-order valence-corrected chi connectivity index (χ1v) is 12.7. The normalized spacial score (nSPS) is 19.3. The van der Waals surface area contributed by atoms with Crippen LogP contribution in [0.2, 0.25) is 0 Å². The number of anilines is 2. The predicted molar refractivity (Wildman–Crippen MR) is 126 cm³/mol. The zero-order chi connectivity index (χ0) is 22.6. The van der Waals surface area contributed by atoms with Crippen molar-refractivity contribution in [1.82, 2.24) is 9.71 Å². The van der Waals surface area contributed by atoms with Gasteiger partial charge in [-0.25, -0.2) is 13.4 Å². The van der Waals surface area contributed by atoms with Crippen LogP contribution in [0.3, 0.4) is 0 Å². The molecule has 3 heterocycles. The first kappa shape index (κ1) is 22.3. The highest BCUT2D eigenvalue weighted by molar-refractivity contribution is 7.90. The van der Waals surface area contributed by atoms with Gasteiger partial charge in [0.15, 0.2) is 0 Å². The van der Waals surface area contributed by atoms with E-state index in [2.05, 4.69) is 24.9 Å². The summed E-state index contributed by atoms with van der Waals surface area (Å²) in [5.41, 5.74) is 1.10. The van der Waals surface area contributed by atoms with E-state index in [0.29, 0.717) is 17.7 Å². The van der Waals surface area contributed by atoms with E-state index in [1.165, 1.54) is 25.3 Å². The molecule has 1 amide bonds. The fraction of sp³-hybridized carbons (Fsp3) is 0.435. The number of sulfonamides is 1. The second-order valence-electron chi connectivity index (χ2n) is 8.18. The number of piperidine rings is 1. The number of hydrogen-bond acceptors (Lipinski definition) is 6. The second kappa shape index (κ2) is 9.68. The molecule has 0 spiro atoms. The SMILES string of the molecule is CCCCC(N=C1NS(=O)(=O)c2ccccc21)C(=O)Nc1ccc(N2CCCCC2)nc1. The van der Waals surface area contributed by atoms with Gasteiger partial charge in [-0.2, -0.15) is 0 Å². The van der Waals surface area contributed by atoms with Crippen LogP contribution in [0.15, 0.2) is 52.5 Å². The minimum Gasteiger partial charge on any atom is -0.357 e. The van der Waals surface area contributed by atoms with Crippen molar-refractivity contribution in [1.29, 1.82) is 0 Å². The fourth-order valence-corrected chi connectivity index (χ4v) is 5.27. The van der Waals surface area contributed by atoms with E-state index in [-0.39, 0.29) is 16.6 Å². The van der Waals surface area contributed by atoms with Crippen molar-refractivity contribution in [3.8, 4) is 0 Å². The molecular weight excluding hydrogens is 426 g/mol. The Morgan fingerprint density at radius 3 is 2.69 bits per heavy atom. The van der Waals surface area contributed by atoms with Crippen molar-refractivity contribution in [2.24, 2.45) is 4.99 Å². The first-order chi connectivity index (χ1) is 15.5. The van der Waals surface area contributed by atoms with Crippen LogP contribution in [-0.4, -0.2) is 44.3 Å². The maximum Gasteiger partial charge on any atom is 0.263 e. The third-order valence-corrected chi connectivity index (χ3v) is 7.17. The van der Waals surface area contributed by atoms with Crippen molar-refractivity contribution >= 4 is 33.3 Å². The Labute approximate surface area is 189 Å². The molecule has 170 valence electrons. The first-order valence-electron chi connectivity index (χ1n) is 11.2. The van der Waals surface area contributed by atoms with E-state index in [9.17, 15) is 13.2 Å². The molecule has 2 N–H and O–H groups in total. The Hall–Kier alpha value is -2.94. The van der Waals surface area contributed by atoms with Crippen LogP contribution in [0.5, 0.6) is 0 Å². The van der Waals surface area contributed by atoms with Crippen LogP contribution in [-0.2, 0) is 14.8 Å².